The molecule has 30 heavy (non-hydrogen) atoms. The third-order valence-electron chi connectivity index (χ3n) is 7.54. The maximum atomic E-state index is 13.5. The molecule has 0 aromatic heterocycles. The molecule has 1 aliphatic heterocycles. The summed E-state index contributed by atoms with van der Waals surface area (Å²) in [5, 5.41) is 6.41. The first-order valence-corrected chi connectivity index (χ1v) is 11.4. The van der Waals surface area contributed by atoms with Gasteiger partial charge in [0.05, 0.1) is 11.5 Å². The molecule has 1 heterocycles. The van der Waals surface area contributed by atoms with Gasteiger partial charge in [0.1, 0.15) is 12.4 Å². The molecule has 162 valence electrons. The Hall–Kier alpha value is -2.08. The predicted molar refractivity (Wildman–Crippen MR) is 113 cm³/mol. The SMILES string of the molecule is CC(=O)NC12C[C@H]3C[C@@H](C1)CC(C(=O)Nc1cccc(OC[C@@H]4CCCO4)c1)(C3)C2. The lowest BCUT2D eigenvalue weighted by Crippen LogP contribution is -2.65. The van der Waals surface area contributed by atoms with Gasteiger partial charge in [0, 0.05) is 30.8 Å². The van der Waals surface area contributed by atoms with Crippen LogP contribution in [-0.4, -0.2) is 36.7 Å². The van der Waals surface area contributed by atoms with E-state index >= 15 is 0 Å². The lowest BCUT2D eigenvalue weighted by molar-refractivity contribution is -0.148. The zero-order valence-electron chi connectivity index (χ0n) is 17.7. The Bertz CT molecular complexity index is 818. The number of amides is 2. The van der Waals surface area contributed by atoms with Crippen molar-refractivity contribution in [1.82, 2.24) is 5.32 Å². The second kappa shape index (κ2) is 7.56. The molecule has 2 unspecified atom stereocenters. The normalized spacial score (nSPS) is 36.5. The highest BCUT2D eigenvalue weighted by atomic mass is 16.5. The average Bonchev–Trinajstić information content (AvgIpc) is 3.18. The van der Waals surface area contributed by atoms with Gasteiger partial charge in [0.25, 0.3) is 0 Å². The van der Waals surface area contributed by atoms with E-state index in [0.29, 0.717) is 18.4 Å². The summed E-state index contributed by atoms with van der Waals surface area (Å²) in [6, 6.07) is 7.65. The molecule has 0 spiro atoms. The molecular weight excluding hydrogens is 380 g/mol. The zero-order valence-corrected chi connectivity index (χ0v) is 17.7. The van der Waals surface area contributed by atoms with Crippen molar-refractivity contribution in [2.24, 2.45) is 17.3 Å². The highest BCUT2D eigenvalue weighted by Crippen LogP contribution is 2.61. The number of hydrogen-bond donors (Lipinski definition) is 2. The molecular formula is C24H32N2O4. The lowest BCUT2D eigenvalue weighted by atomic mass is 9.46. The molecule has 1 aromatic carbocycles. The molecule has 0 radical (unpaired) electrons. The van der Waals surface area contributed by atoms with E-state index in [1.165, 1.54) is 6.42 Å². The van der Waals surface area contributed by atoms with Crippen molar-refractivity contribution in [2.45, 2.75) is 69.9 Å². The molecule has 6 rings (SSSR count). The molecule has 4 bridgehead atoms. The number of benzene rings is 1. The summed E-state index contributed by atoms with van der Waals surface area (Å²) in [6.07, 6.45) is 8.16. The van der Waals surface area contributed by atoms with Crippen LogP contribution in [0.2, 0.25) is 0 Å². The summed E-state index contributed by atoms with van der Waals surface area (Å²) < 4.78 is 11.5. The van der Waals surface area contributed by atoms with E-state index in [1.807, 2.05) is 24.3 Å². The summed E-state index contributed by atoms with van der Waals surface area (Å²) in [5.74, 6) is 1.93. The van der Waals surface area contributed by atoms with E-state index in [-0.39, 0.29) is 28.9 Å². The first-order chi connectivity index (χ1) is 14.4. The number of rotatable bonds is 6. The van der Waals surface area contributed by atoms with Gasteiger partial charge >= 0.3 is 0 Å². The molecule has 5 aliphatic rings. The van der Waals surface area contributed by atoms with Crippen LogP contribution in [0.1, 0.15) is 58.3 Å². The van der Waals surface area contributed by atoms with Crippen LogP contribution in [0, 0.1) is 17.3 Å². The Morgan fingerprint density at radius 3 is 2.70 bits per heavy atom. The Labute approximate surface area is 178 Å². The van der Waals surface area contributed by atoms with E-state index in [4.69, 9.17) is 9.47 Å². The Kier molecular flexibility index (Phi) is 5.00. The second-order valence-electron chi connectivity index (χ2n) is 10.1. The van der Waals surface area contributed by atoms with Gasteiger partial charge in [0.15, 0.2) is 0 Å². The van der Waals surface area contributed by atoms with Crippen molar-refractivity contribution in [1.29, 1.82) is 0 Å². The number of carbonyl (C=O) groups is 2. The number of anilines is 1. The van der Waals surface area contributed by atoms with Crippen molar-refractivity contribution in [2.75, 3.05) is 18.5 Å². The van der Waals surface area contributed by atoms with E-state index in [2.05, 4.69) is 10.6 Å². The molecule has 5 atom stereocenters. The van der Waals surface area contributed by atoms with Crippen LogP contribution >= 0.6 is 0 Å². The minimum atomic E-state index is -0.374. The maximum Gasteiger partial charge on any atom is 0.230 e. The fourth-order valence-corrected chi connectivity index (χ4v) is 6.94. The van der Waals surface area contributed by atoms with Crippen molar-refractivity contribution in [3.8, 4) is 5.75 Å². The molecule has 6 heteroatoms. The van der Waals surface area contributed by atoms with Crippen molar-refractivity contribution >= 4 is 17.5 Å². The lowest BCUT2D eigenvalue weighted by Gasteiger charge is -2.61. The third-order valence-corrected chi connectivity index (χ3v) is 7.54. The fourth-order valence-electron chi connectivity index (χ4n) is 6.94. The van der Waals surface area contributed by atoms with Crippen LogP contribution in [0.25, 0.3) is 0 Å². The minimum Gasteiger partial charge on any atom is -0.491 e. The van der Waals surface area contributed by atoms with Gasteiger partial charge in [-0.2, -0.15) is 0 Å². The van der Waals surface area contributed by atoms with Crippen molar-refractivity contribution < 1.29 is 19.1 Å². The minimum absolute atomic E-state index is 0.0172. The average molecular weight is 413 g/mol. The van der Waals surface area contributed by atoms with Crippen molar-refractivity contribution in [3.63, 3.8) is 0 Å². The number of hydrogen-bond acceptors (Lipinski definition) is 4. The van der Waals surface area contributed by atoms with Gasteiger partial charge in [-0.3, -0.25) is 9.59 Å². The fraction of sp³-hybridized carbons (Fsp3) is 0.667. The van der Waals surface area contributed by atoms with E-state index in [0.717, 1.165) is 63.0 Å². The first-order valence-electron chi connectivity index (χ1n) is 11.4. The monoisotopic (exact) mass is 412 g/mol. The molecule has 1 aromatic rings. The van der Waals surface area contributed by atoms with E-state index < -0.39 is 0 Å². The molecule has 5 fully saturated rings. The van der Waals surface area contributed by atoms with Crippen LogP contribution in [0.4, 0.5) is 5.69 Å². The highest BCUT2D eigenvalue weighted by Gasteiger charge is 2.60. The summed E-state index contributed by atoms with van der Waals surface area (Å²) in [6.45, 7) is 2.95. The largest absolute Gasteiger partial charge is 0.491 e. The standard InChI is InChI=1S/C24H32N2O4/c1-16(27)26-24-12-17-8-18(13-24)11-23(10-17,15-24)22(28)25-19-4-2-5-20(9-19)30-14-21-6-3-7-29-21/h2,4-5,9,17-18,21H,3,6-8,10-15H2,1H3,(H,25,28)(H,26,27)/t17-,18+,21-,23?,24?/m0/s1. The topological polar surface area (TPSA) is 76.7 Å². The number of nitrogens with one attached hydrogen (secondary N) is 2. The first kappa shape index (κ1) is 19.9. The zero-order chi connectivity index (χ0) is 20.8. The van der Waals surface area contributed by atoms with Gasteiger partial charge < -0.3 is 20.1 Å². The van der Waals surface area contributed by atoms with Crippen LogP contribution < -0.4 is 15.4 Å². The smallest absolute Gasteiger partial charge is 0.230 e. The molecule has 6 nitrogen and oxygen atoms in total. The molecule has 4 aliphatic carbocycles. The number of ether oxygens (including phenoxy) is 2. The van der Waals surface area contributed by atoms with Crippen LogP contribution in [-0.2, 0) is 14.3 Å². The highest BCUT2D eigenvalue weighted by molar-refractivity contribution is 5.96. The van der Waals surface area contributed by atoms with E-state index in [9.17, 15) is 9.59 Å². The predicted octanol–water partition coefficient (Wildman–Crippen LogP) is 3.66. The summed E-state index contributed by atoms with van der Waals surface area (Å²) in [4.78, 5) is 25.3. The van der Waals surface area contributed by atoms with Crippen LogP contribution in [0.15, 0.2) is 24.3 Å². The quantitative estimate of drug-likeness (QED) is 0.748. The Morgan fingerprint density at radius 1 is 1.20 bits per heavy atom. The number of carbonyl (C=O) groups excluding carboxylic acids is 2. The molecule has 2 amide bonds. The summed E-state index contributed by atoms with van der Waals surface area (Å²) >= 11 is 0. The maximum absolute atomic E-state index is 13.5. The van der Waals surface area contributed by atoms with E-state index in [1.54, 1.807) is 6.92 Å². The van der Waals surface area contributed by atoms with Crippen LogP contribution in [0.3, 0.4) is 0 Å². The summed E-state index contributed by atoms with van der Waals surface area (Å²) in [5.41, 5.74) is 0.204. The van der Waals surface area contributed by atoms with Gasteiger partial charge in [0.2, 0.25) is 11.8 Å². The van der Waals surface area contributed by atoms with Gasteiger partial charge in [-0.25, -0.2) is 0 Å². The van der Waals surface area contributed by atoms with Gasteiger partial charge in [-0.1, -0.05) is 6.07 Å². The second-order valence-corrected chi connectivity index (χ2v) is 10.1. The third kappa shape index (κ3) is 3.82. The van der Waals surface area contributed by atoms with Crippen molar-refractivity contribution in [3.05, 3.63) is 24.3 Å². The van der Waals surface area contributed by atoms with Crippen LogP contribution in [0.5, 0.6) is 5.75 Å². The van der Waals surface area contributed by atoms with Gasteiger partial charge in [-0.15, -0.1) is 0 Å². The Morgan fingerprint density at radius 2 is 2.00 bits per heavy atom. The molecule has 4 saturated carbocycles. The molecule has 2 N–H and O–H groups in total. The van der Waals surface area contributed by atoms with Gasteiger partial charge in [-0.05, 0) is 75.3 Å². The molecule has 1 saturated heterocycles. The summed E-state index contributed by atoms with van der Waals surface area (Å²) in [7, 11) is 0. The Balaban J connectivity index is 1.28.